The Morgan fingerprint density at radius 3 is 2.48 bits per heavy atom. The summed E-state index contributed by atoms with van der Waals surface area (Å²) in [5.74, 6) is 1.43. The summed E-state index contributed by atoms with van der Waals surface area (Å²) in [5, 5.41) is 3.32. The van der Waals surface area contributed by atoms with Crippen LogP contribution >= 0.6 is 0 Å². The van der Waals surface area contributed by atoms with Gasteiger partial charge in [0, 0.05) is 38.3 Å². The highest BCUT2D eigenvalue weighted by Crippen LogP contribution is 2.32. The number of hydrogen-bond donors (Lipinski definition) is 1. The molecule has 3 aliphatic rings. The fraction of sp³-hybridized carbons (Fsp3) is 0.682. The zero-order valence-electron chi connectivity index (χ0n) is 17.7. The van der Waals surface area contributed by atoms with Crippen molar-refractivity contribution in [2.45, 2.75) is 57.4 Å². The van der Waals surface area contributed by atoms with Crippen molar-refractivity contribution in [2.24, 2.45) is 17.8 Å². The average Bonchev–Trinajstić information content (AvgIpc) is 3.10. The highest BCUT2D eigenvalue weighted by Gasteiger charge is 2.35. The molecule has 0 bridgehead atoms. The van der Waals surface area contributed by atoms with Crippen LogP contribution in [0.1, 0.15) is 45.6 Å². The molecule has 4 rings (SSSR count). The van der Waals surface area contributed by atoms with Gasteiger partial charge in [-0.1, -0.05) is 20.8 Å². The minimum absolute atomic E-state index is 0.135. The van der Waals surface area contributed by atoms with Crippen molar-refractivity contribution in [3.05, 3.63) is 23.8 Å². The number of anilines is 1. The predicted molar refractivity (Wildman–Crippen MR) is 114 cm³/mol. The van der Waals surface area contributed by atoms with E-state index in [1.54, 1.807) is 16.4 Å². The first-order valence-corrected chi connectivity index (χ1v) is 12.4. The summed E-state index contributed by atoms with van der Waals surface area (Å²) in [4.78, 5) is 15.3. The molecule has 3 aliphatic heterocycles. The van der Waals surface area contributed by atoms with Crippen molar-refractivity contribution in [3.63, 3.8) is 0 Å². The van der Waals surface area contributed by atoms with Crippen LogP contribution < -0.4 is 5.32 Å². The second-order valence-electron chi connectivity index (χ2n) is 9.52. The Morgan fingerprint density at radius 2 is 1.79 bits per heavy atom. The fourth-order valence-corrected chi connectivity index (χ4v) is 6.94. The molecule has 0 radical (unpaired) electrons. The molecule has 4 atom stereocenters. The molecular formula is C22H33N3O3S. The van der Waals surface area contributed by atoms with Gasteiger partial charge in [-0.2, -0.15) is 4.31 Å². The number of amides is 1. The molecule has 4 unspecified atom stereocenters. The Bertz CT molecular complexity index is 875. The molecule has 0 spiro atoms. The van der Waals surface area contributed by atoms with Crippen LogP contribution in [0.4, 0.5) is 5.69 Å². The van der Waals surface area contributed by atoms with E-state index in [0.717, 1.165) is 37.2 Å². The highest BCUT2D eigenvalue weighted by atomic mass is 32.2. The first kappa shape index (κ1) is 20.7. The SMILES string of the molecule is CC1CCCN(C(=O)C2Cc3cc(S(=O)(=O)N4CC(C)CC(C)C4)ccc3N2)C1. The number of fused-ring (bicyclic) bond motifs is 1. The third-order valence-corrected chi connectivity index (χ3v) is 8.40. The lowest BCUT2D eigenvalue weighted by Crippen LogP contribution is -2.46. The maximum Gasteiger partial charge on any atom is 0.245 e. The predicted octanol–water partition coefficient (Wildman–Crippen LogP) is 2.95. The molecule has 0 aromatic heterocycles. The Morgan fingerprint density at radius 1 is 1.07 bits per heavy atom. The molecule has 1 N–H and O–H groups in total. The normalized spacial score (nSPS) is 30.7. The van der Waals surface area contributed by atoms with Crippen molar-refractivity contribution < 1.29 is 13.2 Å². The van der Waals surface area contributed by atoms with Crippen molar-refractivity contribution in [1.29, 1.82) is 0 Å². The van der Waals surface area contributed by atoms with E-state index in [1.807, 2.05) is 11.0 Å². The van der Waals surface area contributed by atoms with Gasteiger partial charge in [-0.15, -0.1) is 0 Å². The van der Waals surface area contributed by atoms with Gasteiger partial charge < -0.3 is 10.2 Å². The molecule has 29 heavy (non-hydrogen) atoms. The smallest absolute Gasteiger partial charge is 0.245 e. The first-order valence-electron chi connectivity index (χ1n) is 10.9. The van der Waals surface area contributed by atoms with Crippen LogP contribution in [0.25, 0.3) is 0 Å². The van der Waals surface area contributed by atoms with E-state index in [4.69, 9.17) is 0 Å². The molecule has 1 amide bonds. The lowest BCUT2D eigenvalue weighted by Gasteiger charge is -2.34. The summed E-state index contributed by atoms with van der Waals surface area (Å²) >= 11 is 0. The molecule has 160 valence electrons. The van der Waals surface area contributed by atoms with Gasteiger partial charge in [-0.05, 0) is 60.8 Å². The lowest BCUT2D eigenvalue weighted by atomic mass is 9.94. The first-order chi connectivity index (χ1) is 13.7. The molecule has 7 heteroatoms. The Labute approximate surface area is 174 Å². The number of hydrogen-bond acceptors (Lipinski definition) is 4. The van der Waals surface area contributed by atoms with Gasteiger partial charge in [0.1, 0.15) is 6.04 Å². The number of sulfonamides is 1. The quantitative estimate of drug-likeness (QED) is 0.818. The van der Waals surface area contributed by atoms with Crippen molar-refractivity contribution in [2.75, 3.05) is 31.5 Å². The Kier molecular flexibility index (Phi) is 5.64. The van der Waals surface area contributed by atoms with Crippen molar-refractivity contribution in [1.82, 2.24) is 9.21 Å². The van der Waals surface area contributed by atoms with E-state index in [-0.39, 0.29) is 11.9 Å². The van der Waals surface area contributed by atoms with Gasteiger partial charge in [-0.3, -0.25) is 4.79 Å². The second-order valence-corrected chi connectivity index (χ2v) is 11.5. The number of piperidine rings is 2. The monoisotopic (exact) mass is 419 g/mol. The number of rotatable bonds is 3. The molecule has 0 aliphatic carbocycles. The standard InChI is InChI=1S/C22H33N3O3S/c1-15-5-4-8-24(12-15)22(26)21-11-18-10-19(6-7-20(18)23-21)29(27,28)25-13-16(2)9-17(3)14-25/h6-7,10,15-17,21,23H,4-5,8-9,11-14H2,1-3H3. The Hall–Kier alpha value is -1.60. The van der Waals surface area contributed by atoms with Crippen LogP contribution in [0.2, 0.25) is 0 Å². The topological polar surface area (TPSA) is 69.7 Å². The molecule has 2 saturated heterocycles. The fourth-order valence-electron chi connectivity index (χ4n) is 5.21. The number of carbonyl (C=O) groups is 1. The second kappa shape index (κ2) is 7.91. The number of carbonyl (C=O) groups excluding carboxylic acids is 1. The van der Waals surface area contributed by atoms with E-state index in [1.165, 1.54) is 6.42 Å². The van der Waals surface area contributed by atoms with Crippen LogP contribution in [-0.4, -0.2) is 55.8 Å². The number of nitrogens with one attached hydrogen (secondary N) is 1. The number of likely N-dealkylation sites (tertiary alicyclic amines) is 1. The maximum atomic E-state index is 13.2. The van der Waals surface area contributed by atoms with Gasteiger partial charge in [0.25, 0.3) is 0 Å². The third-order valence-electron chi connectivity index (χ3n) is 6.57. The molecule has 3 heterocycles. The maximum absolute atomic E-state index is 13.2. The van der Waals surface area contributed by atoms with E-state index in [9.17, 15) is 13.2 Å². The lowest BCUT2D eigenvalue weighted by molar-refractivity contribution is -0.133. The Balaban J connectivity index is 1.50. The van der Waals surface area contributed by atoms with E-state index in [2.05, 4.69) is 26.1 Å². The van der Waals surface area contributed by atoms with Crippen LogP contribution in [0.3, 0.4) is 0 Å². The third kappa shape index (κ3) is 4.17. The van der Waals surface area contributed by atoms with E-state index in [0.29, 0.717) is 42.2 Å². The summed E-state index contributed by atoms with van der Waals surface area (Å²) in [7, 11) is -3.50. The van der Waals surface area contributed by atoms with Crippen LogP contribution in [-0.2, 0) is 21.2 Å². The van der Waals surface area contributed by atoms with Crippen molar-refractivity contribution >= 4 is 21.6 Å². The molecule has 1 aromatic carbocycles. The minimum atomic E-state index is -3.50. The molecule has 0 saturated carbocycles. The largest absolute Gasteiger partial charge is 0.373 e. The average molecular weight is 420 g/mol. The van der Waals surface area contributed by atoms with Crippen LogP contribution in [0.15, 0.2) is 23.1 Å². The van der Waals surface area contributed by atoms with Crippen LogP contribution in [0, 0.1) is 17.8 Å². The van der Waals surface area contributed by atoms with Gasteiger partial charge in [0.05, 0.1) is 4.90 Å². The molecule has 6 nitrogen and oxygen atoms in total. The van der Waals surface area contributed by atoms with Gasteiger partial charge >= 0.3 is 0 Å². The summed E-state index contributed by atoms with van der Waals surface area (Å²) < 4.78 is 28.0. The summed E-state index contributed by atoms with van der Waals surface area (Å²) in [5.41, 5.74) is 1.81. The van der Waals surface area contributed by atoms with Gasteiger partial charge in [0.15, 0.2) is 0 Å². The van der Waals surface area contributed by atoms with Crippen LogP contribution in [0.5, 0.6) is 0 Å². The highest BCUT2D eigenvalue weighted by molar-refractivity contribution is 7.89. The van der Waals surface area contributed by atoms with Gasteiger partial charge in [-0.25, -0.2) is 8.42 Å². The zero-order chi connectivity index (χ0) is 20.8. The number of nitrogens with zero attached hydrogens (tertiary/aromatic N) is 2. The van der Waals surface area contributed by atoms with Gasteiger partial charge in [0.2, 0.25) is 15.9 Å². The summed E-state index contributed by atoms with van der Waals surface area (Å²) in [6.07, 6.45) is 3.85. The molecule has 1 aromatic rings. The minimum Gasteiger partial charge on any atom is -0.373 e. The van der Waals surface area contributed by atoms with Crippen molar-refractivity contribution in [3.8, 4) is 0 Å². The van der Waals surface area contributed by atoms with E-state index < -0.39 is 10.0 Å². The zero-order valence-corrected chi connectivity index (χ0v) is 18.5. The van der Waals surface area contributed by atoms with E-state index >= 15 is 0 Å². The summed E-state index contributed by atoms with van der Waals surface area (Å²) in [6.45, 7) is 9.22. The number of benzene rings is 1. The summed E-state index contributed by atoms with van der Waals surface area (Å²) in [6, 6.07) is 4.99. The molecule has 2 fully saturated rings. The molecular weight excluding hydrogens is 386 g/mol.